The normalized spacial score (nSPS) is 15.1. The fraction of sp³-hybridized carbons (Fsp3) is 0.143. The maximum atomic E-state index is 13.4. The van der Waals surface area contributed by atoms with E-state index in [0.717, 1.165) is 33.2 Å². The average Bonchev–Trinajstić information content (AvgIpc) is 3.57. The van der Waals surface area contributed by atoms with Crippen molar-refractivity contribution >= 4 is 28.8 Å². The van der Waals surface area contributed by atoms with Crippen LogP contribution in [-0.2, 0) is 6.54 Å². The molecule has 0 aliphatic carbocycles. The number of thiazole rings is 1. The number of aromatic nitrogens is 4. The molecule has 178 valence electrons. The van der Waals surface area contributed by atoms with Gasteiger partial charge in [0.05, 0.1) is 11.1 Å². The molecule has 6 nitrogen and oxygen atoms in total. The Kier molecular flexibility index (Phi) is 5.87. The van der Waals surface area contributed by atoms with Crippen molar-refractivity contribution in [2.45, 2.75) is 19.5 Å². The first-order valence-electron chi connectivity index (χ1n) is 11.7. The maximum absolute atomic E-state index is 13.4. The van der Waals surface area contributed by atoms with Crippen LogP contribution in [0.25, 0.3) is 33.2 Å². The second-order valence-corrected chi connectivity index (χ2v) is 9.93. The second kappa shape index (κ2) is 9.33. The largest absolute Gasteiger partial charge is 0.327 e. The average molecular weight is 512 g/mol. The fourth-order valence-electron chi connectivity index (χ4n) is 4.59. The smallest absolute Gasteiger partial charge is 0.254 e. The third kappa shape index (κ3) is 4.00. The van der Waals surface area contributed by atoms with E-state index in [0.29, 0.717) is 29.5 Å². The van der Waals surface area contributed by atoms with Crippen LogP contribution in [0.5, 0.6) is 0 Å². The topological polar surface area (TPSA) is 63.9 Å². The summed E-state index contributed by atoms with van der Waals surface area (Å²) in [6, 6.07) is 25.4. The van der Waals surface area contributed by atoms with Gasteiger partial charge in [-0.05, 0) is 36.2 Å². The van der Waals surface area contributed by atoms with Crippen LogP contribution in [-0.4, -0.2) is 37.1 Å². The van der Waals surface area contributed by atoms with Crippen molar-refractivity contribution in [3.8, 4) is 33.2 Å². The quantitative estimate of drug-likeness (QED) is 0.272. The van der Waals surface area contributed by atoms with E-state index in [1.165, 1.54) is 11.3 Å². The second-order valence-electron chi connectivity index (χ2n) is 8.67. The number of hydrogen-bond acceptors (Lipinski definition) is 5. The van der Waals surface area contributed by atoms with Crippen molar-refractivity contribution in [1.29, 1.82) is 0 Å². The Balaban J connectivity index is 1.23. The van der Waals surface area contributed by atoms with E-state index < -0.39 is 0 Å². The number of nitrogens with zero attached hydrogens (tertiary/aromatic N) is 5. The number of hydrogen-bond donors (Lipinski definition) is 0. The molecule has 3 aromatic carbocycles. The van der Waals surface area contributed by atoms with Gasteiger partial charge < -0.3 is 9.47 Å². The lowest BCUT2D eigenvalue weighted by Crippen LogP contribution is -2.41. The van der Waals surface area contributed by atoms with Gasteiger partial charge in [0.25, 0.3) is 5.91 Å². The fourth-order valence-corrected chi connectivity index (χ4v) is 5.71. The summed E-state index contributed by atoms with van der Waals surface area (Å²) >= 11 is 7.89. The van der Waals surface area contributed by atoms with E-state index in [2.05, 4.69) is 26.9 Å². The van der Waals surface area contributed by atoms with Gasteiger partial charge >= 0.3 is 0 Å². The molecule has 0 spiro atoms. The van der Waals surface area contributed by atoms with Gasteiger partial charge in [-0.3, -0.25) is 4.79 Å². The summed E-state index contributed by atoms with van der Waals surface area (Å²) < 4.78 is 2.07. The molecule has 5 aromatic rings. The molecule has 2 aromatic heterocycles. The zero-order valence-corrected chi connectivity index (χ0v) is 21.1. The van der Waals surface area contributed by atoms with Crippen LogP contribution in [0.4, 0.5) is 0 Å². The van der Waals surface area contributed by atoms with Gasteiger partial charge in [0.2, 0.25) is 0 Å². The predicted molar refractivity (Wildman–Crippen MR) is 143 cm³/mol. The molecule has 0 saturated heterocycles. The molecule has 0 fully saturated rings. The maximum Gasteiger partial charge on any atom is 0.254 e. The molecule has 1 aliphatic heterocycles. The van der Waals surface area contributed by atoms with E-state index in [-0.39, 0.29) is 11.9 Å². The first-order chi connectivity index (χ1) is 17.6. The Morgan fingerprint density at radius 2 is 1.64 bits per heavy atom. The lowest BCUT2D eigenvalue weighted by Gasteiger charge is -2.33. The SMILES string of the molecule is CC1c2nnc(-c3csc(-c4ccccc4Cl)n3)n2CCN1C(=O)c1ccc(-c2ccccc2)cc1. The van der Waals surface area contributed by atoms with Crippen molar-refractivity contribution in [3.05, 3.63) is 101 Å². The third-order valence-corrected chi connectivity index (χ3v) is 7.73. The summed E-state index contributed by atoms with van der Waals surface area (Å²) in [5.41, 5.74) is 4.54. The van der Waals surface area contributed by atoms with Gasteiger partial charge in [-0.25, -0.2) is 4.98 Å². The third-order valence-electron chi connectivity index (χ3n) is 6.52. The number of rotatable bonds is 4. The number of amides is 1. The molecule has 6 rings (SSSR count). The van der Waals surface area contributed by atoms with Crippen molar-refractivity contribution in [1.82, 2.24) is 24.6 Å². The van der Waals surface area contributed by atoms with Crippen LogP contribution >= 0.6 is 22.9 Å². The standard InChI is InChI=1S/C28H22ClN5OS/c1-18-25-31-32-26(24-17-36-27(30-24)22-9-5-6-10-23(22)29)34(25)16-15-33(18)28(35)21-13-11-20(12-14-21)19-7-3-2-4-8-19/h2-14,17-18H,15-16H2,1H3. The molecular weight excluding hydrogens is 490 g/mol. The van der Waals surface area contributed by atoms with Crippen molar-refractivity contribution in [2.24, 2.45) is 0 Å². The molecule has 0 bridgehead atoms. The Labute approximate surface area is 217 Å². The Bertz CT molecular complexity index is 1540. The van der Waals surface area contributed by atoms with Crippen molar-refractivity contribution in [3.63, 3.8) is 0 Å². The minimum absolute atomic E-state index is 0.00687. The minimum atomic E-state index is -0.206. The van der Waals surface area contributed by atoms with Crippen LogP contribution in [0.3, 0.4) is 0 Å². The van der Waals surface area contributed by atoms with Crippen LogP contribution in [0, 0.1) is 0 Å². The van der Waals surface area contributed by atoms with Gasteiger partial charge in [-0.2, -0.15) is 0 Å². The lowest BCUT2D eigenvalue weighted by molar-refractivity contribution is 0.0638. The molecule has 0 N–H and O–H groups in total. The van der Waals surface area contributed by atoms with Crippen LogP contribution in [0.2, 0.25) is 5.02 Å². The molecular formula is C28H22ClN5OS. The molecule has 0 radical (unpaired) electrons. The highest BCUT2D eigenvalue weighted by Crippen LogP contribution is 2.34. The van der Waals surface area contributed by atoms with Crippen molar-refractivity contribution in [2.75, 3.05) is 6.54 Å². The summed E-state index contributed by atoms with van der Waals surface area (Å²) in [4.78, 5) is 20.0. The van der Waals surface area contributed by atoms with Gasteiger partial charge in [0.15, 0.2) is 11.6 Å². The summed E-state index contributed by atoms with van der Waals surface area (Å²) in [7, 11) is 0. The number of carbonyl (C=O) groups is 1. The van der Waals surface area contributed by atoms with Gasteiger partial charge in [0.1, 0.15) is 10.7 Å². The van der Waals surface area contributed by atoms with Crippen LogP contribution in [0.1, 0.15) is 29.1 Å². The summed E-state index contributed by atoms with van der Waals surface area (Å²) in [5, 5.41) is 12.4. The van der Waals surface area contributed by atoms with E-state index in [1.54, 1.807) is 0 Å². The van der Waals surface area contributed by atoms with Crippen LogP contribution in [0.15, 0.2) is 84.2 Å². The zero-order valence-electron chi connectivity index (χ0n) is 19.5. The zero-order chi connectivity index (χ0) is 24.6. The highest BCUT2D eigenvalue weighted by atomic mass is 35.5. The Hall–Kier alpha value is -3.81. The van der Waals surface area contributed by atoms with Crippen molar-refractivity contribution < 1.29 is 4.79 Å². The first kappa shape index (κ1) is 22.6. The summed E-state index contributed by atoms with van der Waals surface area (Å²) in [6.07, 6.45) is 0. The molecule has 1 aliphatic rings. The number of halogens is 1. The Morgan fingerprint density at radius 1 is 0.917 bits per heavy atom. The molecule has 3 heterocycles. The number of fused-ring (bicyclic) bond motifs is 1. The monoisotopic (exact) mass is 511 g/mol. The summed E-state index contributed by atoms with van der Waals surface area (Å²) in [6.45, 7) is 3.17. The van der Waals surface area contributed by atoms with Gasteiger partial charge in [-0.15, -0.1) is 21.5 Å². The molecule has 1 unspecified atom stereocenters. The molecule has 36 heavy (non-hydrogen) atoms. The van der Waals surface area contributed by atoms with Gasteiger partial charge in [-0.1, -0.05) is 72.3 Å². The molecule has 0 saturated carbocycles. The van der Waals surface area contributed by atoms with E-state index in [9.17, 15) is 4.79 Å². The highest BCUT2D eigenvalue weighted by molar-refractivity contribution is 7.13. The minimum Gasteiger partial charge on any atom is -0.327 e. The number of benzene rings is 3. The van der Waals surface area contributed by atoms with E-state index in [1.807, 2.05) is 83.9 Å². The number of carbonyl (C=O) groups excluding carboxylic acids is 1. The summed E-state index contributed by atoms with van der Waals surface area (Å²) in [5.74, 6) is 1.47. The molecule has 8 heteroatoms. The van der Waals surface area contributed by atoms with Crippen LogP contribution < -0.4 is 0 Å². The lowest BCUT2D eigenvalue weighted by atomic mass is 10.0. The van der Waals surface area contributed by atoms with E-state index >= 15 is 0 Å². The van der Waals surface area contributed by atoms with Gasteiger partial charge in [0, 0.05) is 29.6 Å². The molecule has 1 amide bonds. The Morgan fingerprint density at radius 3 is 2.42 bits per heavy atom. The van der Waals surface area contributed by atoms with E-state index in [4.69, 9.17) is 16.6 Å². The first-order valence-corrected chi connectivity index (χ1v) is 13.0. The molecule has 1 atom stereocenters. The highest BCUT2D eigenvalue weighted by Gasteiger charge is 2.32. The predicted octanol–water partition coefficient (Wildman–Crippen LogP) is 6.61.